The Hall–Kier alpha value is -2.11. The molecule has 0 heterocycles. The van der Waals surface area contributed by atoms with Crippen molar-refractivity contribution in [1.29, 1.82) is 0 Å². The molecule has 1 aromatic carbocycles. The lowest BCUT2D eigenvalue weighted by molar-refractivity contribution is -0.146. The summed E-state index contributed by atoms with van der Waals surface area (Å²) in [4.78, 5) is 22.4. The summed E-state index contributed by atoms with van der Waals surface area (Å²) in [6, 6.07) is 5.58. The second-order valence-electron chi connectivity index (χ2n) is 4.88. The smallest absolute Gasteiger partial charge is 0.328 e. The number of hydrogen-bond donors (Lipinski definition) is 2. The van der Waals surface area contributed by atoms with Crippen LogP contribution in [-0.2, 0) is 9.59 Å². The molecule has 110 valence electrons. The van der Waals surface area contributed by atoms with Gasteiger partial charge in [-0.05, 0) is 44.5 Å². The first-order valence-corrected chi connectivity index (χ1v) is 6.24. The molecule has 0 fully saturated rings. The Morgan fingerprint density at radius 2 is 1.90 bits per heavy atom. The van der Waals surface area contributed by atoms with Crippen molar-refractivity contribution in [3.05, 3.63) is 30.1 Å². The monoisotopic (exact) mass is 283 g/mol. The second-order valence-corrected chi connectivity index (χ2v) is 4.88. The van der Waals surface area contributed by atoms with Gasteiger partial charge in [0.25, 0.3) is 0 Å². The highest BCUT2D eigenvalue weighted by Crippen LogP contribution is 2.11. The molecule has 1 amide bonds. The maximum Gasteiger partial charge on any atom is 0.328 e. The van der Waals surface area contributed by atoms with E-state index >= 15 is 0 Å². The normalized spacial score (nSPS) is 10.9. The van der Waals surface area contributed by atoms with Gasteiger partial charge in [0.15, 0.2) is 0 Å². The van der Waals surface area contributed by atoms with E-state index in [2.05, 4.69) is 5.32 Å². The van der Waals surface area contributed by atoms with Crippen molar-refractivity contribution in [2.45, 2.75) is 32.2 Å². The number of ether oxygens (including phenoxy) is 1. The molecule has 0 aliphatic heterocycles. The van der Waals surface area contributed by atoms with Gasteiger partial charge < -0.3 is 15.2 Å². The fraction of sp³-hybridized carbons (Fsp3) is 0.429. The molecule has 0 atom stereocenters. The van der Waals surface area contributed by atoms with Crippen molar-refractivity contribution in [2.24, 2.45) is 0 Å². The number of rotatable bonds is 7. The third kappa shape index (κ3) is 5.26. The molecule has 0 unspecified atom stereocenters. The van der Waals surface area contributed by atoms with Crippen molar-refractivity contribution in [3.8, 4) is 5.75 Å². The number of amides is 1. The summed E-state index contributed by atoms with van der Waals surface area (Å²) in [6.07, 6.45) is 0.608. The highest BCUT2D eigenvalue weighted by molar-refractivity contribution is 5.86. The van der Waals surface area contributed by atoms with Crippen LogP contribution in [0.25, 0.3) is 0 Å². The Morgan fingerprint density at radius 3 is 2.45 bits per heavy atom. The molecule has 0 aliphatic rings. The number of carboxylic acids is 1. The number of halogens is 1. The molecule has 0 aliphatic carbocycles. The predicted octanol–water partition coefficient (Wildman–Crippen LogP) is 1.96. The maximum absolute atomic E-state index is 12.6. The first-order chi connectivity index (χ1) is 9.31. The van der Waals surface area contributed by atoms with E-state index in [1.807, 2.05) is 0 Å². The van der Waals surface area contributed by atoms with Gasteiger partial charge in [-0.1, -0.05) is 0 Å². The van der Waals surface area contributed by atoms with Crippen LogP contribution in [0.3, 0.4) is 0 Å². The Labute approximate surface area is 116 Å². The summed E-state index contributed by atoms with van der Waals surface area (Å²) in [7, 11) is 0. The number of hydrogen-bond acceptors (Lipinski definition) is 3. The molecular formula is C14H18FNO4. The average molecular weight is 283 g/mol. The number of aliphatic carboxylic acids is 1. The molecule has 20 heavy (non-hydrogen) atoms. The summed E-state index contributed by atoms with van der Waals surface area (Å²) in [5, 5.41) is 11.3. The largest absolute Gasteiger partial charge is 0.494 e. The number of carbonyl (C=O) groups is 2. The van der Waals surface area contributed by atoms with Crippen molar-refractivity contribution < 1.29 is 23.8 Å². The summed E-state index contributed by atoms with van der Waals surface area (Å²) in [5.41, 5.74) is -1.28. The molecule has 1 aromatic rings. The molecule has 2 N–H and O–H groups in total. The summed E-state index contributed by atoms with van der Waals surface area (Å²) >= 11 is 0. The van der Waals surface area contributed by atoms with Gasteiger partial charge in [0.2, 0.25) is 5.91 Å². The van der Waals surface area contributed by atoms with E-state index < -0.39 is 11.5 Å². The van der Waals surface area contributed by atoms with Crippen LogP contribution in [0.2, 0.25) is 0 Å². The zero-order valence-corrected chi connectivity index (χ0v) is 11.5. The molecule has 0 spiro atoms. The minimum atomic E-state index is -1.28. The topological polar surface area (TPSA) is 75.6 Å². The van der Waals surface area contributed by atoms with Crippen LogP contribution in [0.1, 0.15) is 26.7 Å². The van der Waals surface area contributed by atoms with Gasteiger partial charge in [-0.3, -0.25) is 4.79 Å². The third-order valence-corrected chi connectivity index (χ3v) is 2.62. The second kappa shape index (κ2) is 6.88. The third-order valence-electron chi connectivity index (χ3n) is 2.62. The minimum Gasteiger partial charge on any atom is -0.494 e. The molecule has 1 rings (SSSR count). The van der Waals surface area contributed by atoms with E-state index in [0.717, 1.165) is 0 Å². The van der Waals surface area contributed by atoms with E-state index in [1.54, 1.807) is 0 Å². The number of benzene rings is 1. The van der Waals surface area contributed by atoms with Crippen molar-refractivity contribution in [2.75, 3.05) is 6.61 Å². The molecule has 0 aromatic heterocycles. The maximum atomic E-state index is 12.6. The quantitative estimate of drug-likeness (QED) is 0.750. The van der Waals surface area contributed by atoms with Crippen LogP contribution >= 0.6 is 0 Å². The highest BCUT2D eigenvalue weighted by atomic mass is 19.1. The van der Waals surface area contributed by atoms with Crippen molar-refractivity contribution in [1.82, 2.24) is 5.32 Å². The van der Waals surface area contributed by atoms with Crippen molar-refractivity contribution >= 4 is 11.9 Å². The summed E-state index contributed by atoms with van der Waals surface area (Å²) in [5.74, 6) is -1.25. The van der Waals surface area contributed by atoms with Gasteiger partial charge in [-0.2, -0.15) is 0 Å². The highest BCUT2D eigenvalue weighted by Gasteiger charge is 2.28. The Morgan fingerprint density at radius 1 is 1.30 bits per heavy atom. The van der Waals surface area contributed by atoms with E-state index in [-0.39, 0.29) is 18.1 Å². The number of nitrogens with one attached hydrogen (secondary N) is 1. The van der Waals surface area contributed by atoms with Crippen LogP contribution in [0.4, 0.5) is 4.39 Å². The Kier molecular flexibility index (Phi) is 5.49. The summed E-state index contributed by atoms with van der Waals surface area (Å²) < 4.78 is 18.0. The average Bonchev–Trinajstić information content (AvgIpc) is 2.36. The fourth-order valence-corrected chi connectivity index (χ4v) is 1.42. The number of carbonyl (C=O) groups excluding carboxylic acids is 1. The zero-order valence-electron chi connectivity index (χ0n) is 11.5. The molecule has 0 bridgehead atoms. The first kappa shape index (κ1) is 15.9. The minimum absolute atomic E-state index is 0.165. The van der Waals surface area contributed by atoms with Crippen LogP contribution in [0.5, 0.6) is 5.75 Å². The summed E-state index contributed by atoms with van der Waals surface area (Å²) in [6.45, 7) is 3.14. The lowest BCUT2D eigenvalue weighted by atomic mass is 10.1. The van der Waals surface area contributed by atoms with E-state index in [4.69, 9.17) is 9.84 Å². The predicted molar refractivity (Wildman–Crippen MR) is 71.0 cm³/mol. The van der Waals surface area contributed by atoms with Gasteiger partial charge in [0, 0.05) is 6.42 Å². The van der Waals surface area contributed by atoms with Gasteiger partial charge in [0.05, 0.1) is 6.61 Å². The van der Waals surface area contributed by atoms with Crippen LogP contribution in [0.15, 0.2) is 24.3 Å². The fourth-order valence-electron chi connectivity index (χ4n) is 1.42. The van der Waals surface area contributed by atoms with Crippen molar-refractivity contribution in [3.63, 3.8) is 0 Å². The van der Waals surface area contributed by atoms with E-state index in [9.17, 15) is 14.0 Å². The van der Waals surface area contributed by atoms with Gasteiger partial charge in [0.1, 0.15) is 17.1 Å². The van der Waals surface area contributed by atoms with Gasteiger partial charge in [-0.15, -0.1) is 0 Å². The number of carboxylic acid groups (broad SMARTS) is 1. The standard InChI is InChI=1S/C14H18FNO4/c1-14(2,13(18)19)16-12(17)4-3-9-20-11-7-5-10(15)6-8-11/h5-8H,3-4,9H2,1-2H3,(H,16,17)(H,18,19). The van der Waals surface area contributed by atoms with E-state index in [1.165, 1.54) is 38.1 Å². The molecule has 6 heteroatoms. The van der Waals surface area contributed by atoms with E-state index in [0.29, 0.717) is 18.8 Å². The van der Waals surface area contributed by atoms with Crippen LogP contribution in [-0.4, -0.2) is 29.1 Å². The van der Waals surface area contributed by atoms with Crippen LogP contribution < -0.4 is 10.1 Å². The Balaban J connectivity index is 2.26. The first-order valence-electron chi connectivity index (χ1n) is 6.24. The lowest BCUT2D eigenvalue weighted by Crippen LogP contribution is -2.49. The molecular weight excluding hydrogens is 265 g/mol. The SMILES string of the molecule is CC(C)(NC(=O)CCCOc1ccc(F)cc1)C(=O)O. The zero-order chi connectivity index (χ0) is 15.2. The molecule has 5 nitrogen and oxygen atoms in total. The Bertz CT molecular complexity index is 471. The molecule has 0 radical (unpaired) electrons. The molecule has 0 saturated heterocycles. The van der Waals surface area contributed by atoms with Gasteiger partial charge >= 0.3 is 5.97 Å². The van der Waals surface area contributed by atoms with Gasteiger partial charge in [-0.25, -0.2) is 9.18 Å². The lowest BCUT2D eigenvalue weighted by Gasteiger charge is -2.20. The molecule has 0 saturated carbocycles. The van der Waals surface area contributed by atoms with Crippen LogP contribution in [0, 0.1) is 5.82 Å².